The van der Waals surface area contributed by atoms with Gasteiger partial charge in [-0.3, -0.25) is 9.59 Å². The van der Waals surface area contributed by atoms with Crippen molar-refractivity contribution in [1.29, 1.82) is 0 Å². The number of methoxy groups -OCH3 is 4. The Hall–Kier alpha value is -5.34. The van der Waals surface area contributed by atoms with E-state index in [0.29, 0.717) is 53.2 Å². The molecule has 14 heteroatoms. The summed E-state index contributed by atoms with van der Waals surface area (Å²) in [6.45, 7) is 2.80. The van der Waals surface area contributed by atoms with E-state index >= 15 is 0 Å². The fourth-order valence-electron chi connectivity index (χ4n) is 5.40. The van der Waals surface area contributed by atoms with Crippen LogP contribution in [0.2, 0.25) is 0 Å². The first kappa shape index (κ1) is 37.9. The molecule has 2 amide bonds. The van der Waals surface area contributed by atoms with Crippen molar-refractivity contribution in [1.82, 2.24) is 10.0 Å². The fraction of sp³-hybridized carbons (Fsp3) is 0.263. The number of ether oxygens (including phenoxy) is 4. The third-order valence-corrected chi connectivity index (χ3v) is 10.4. The van der Waals surface area contributed by atoms with E-state index in [2.05, 4.69) is 17.1 Å². The van der Waals surface area contributed by atoms with Gasteiger partial charge in [-0.15, -0.1) is 0 Å². The zero-order valence-electron chi connectivity index (χ0n) is 29.7. The van der Waals surface area contributed by atoms with Gasteiger partial charge in [0.2, 0.25) is 0 Å². The quantitative estimate of drug-likeness (QED) is 0.148. The third-order valence-electron chi connectivity index (χ3n) is 8.23. The molecule has 272 valence electrons. The zero-order valence-corrected chi connectivity index (χ0v) is 31.3. The number of anilines is 2. The van der Waals surface area contributed by atoms with Gasteiger partial charge in [0.05, 0.1) is 58.2 Å². The molecule has 0 saturated carbocycles. The molecule has 0 saturated heterocycles. The number of hydrazone groups is 2. The number of carbonyl (C=O) groups is 2. The molecule has 4 aromatic rings. The summed E-state index contributed by atoms with van der Waals surface area (Å²) in [6, 6.07) is 26.2. The number of benzene rings is 4. The Balaban J connectivity index is 0.000000202. The molecule has 4 aromatic carbocycles. The maximum absolute atomic E-state index is 12.5. The Kier molecular flexibility index (Phi) is 12.9. The van der Waals surface area contributed by atoms with E-state index in [1.165, 1.54) is 33.5 Å². The van der Waals surface area contributed by atoms with Crippen LogP contribution in [0.5, 0.6) is 23.0 Å². The summed E-state index contributed by atoms with van der Waals surface area (Å²) < 4.78 is 21.3. The van der Waals surface area contributed by atoms with E-state index in [9.17, 15) is 9.59 Å². The summed E-state index contributed by atoms with van der Waals surface area (Å²) in [5, 5.41) is 12.0. The summed E-state index contributed by atoms with van der Waals surface area (Å²) in [4.78, 5) is 24.8. The minimum Gasteiger partial charge on any atom is -0.493 e. The predicted octanol–water partition coefficient (Wildman–Crippen LogP) is 7.50. The van der Waals surface area contributed by atoms with Crippen LogP contribution in [0.3, 0.4) is 0 Å². The number of rotatable bonds is 11. The van der Waals surface area contributed by atoms with Crippen LogP contribution in [0.25, 0.3) is 0 Å². The van der Waals surface area contributed by atoms with Crippen molar-refractivity contribution in [2.24, 2.45) is 10.2 Å². The van der Waals surface area contributed by atoms with Crippen molar-refractivity contribution >= 4 is 56.8 Å². The summed E-state index contributed by atoms with van der Waals surface area (Å²) in [5.41, 5.74) is 18.4. The molecule has 2 aliphatic rings. The number of amides is 2. The van der Waals surface area contributed by atoms with Crippen molar-refractivity contribution < 1.29 is 28.5 Å². The first-order chi connectivity index (χ1) is 25.2. The Bertz CT molecular complexity index is 1950. The minimum atomic E-state index is -0.0903. The Morgan fingerprint density at radius 2 is 1.31 bits per heavy atom. The lowest BCUT2D eigenvalue weighted by atomic mass is 10.0. The van der Waals surface area contributed by atoms with Gasteiger partial charge in [-0.05, 0) is 72.1 Å². The second kappa shape index (κ2) is 17.7. The van der Waals surface area contributed by atoms with Crippen LogP contribution in [0.1, 0.15) is 35.6 Å². The van der Waals surface area contributed by atoms with Crippen molar-refractivity contribution in [3.8, 4) is 23.0 Å². The van der Waals surface area contributed by atoms with Gasteiger partial charge in [-0.1, -0.05) is 60.8 Å². The molecule has 1 atom stereocenters. The molecule has 2 aliphatic heterocycles. The molecule has 0 fully saturated rings. The highest BCUT2D eigenvalue weighted by molar-refractivity contribution is 8.14. The molecule has 0 spiro atoms. The third kappa shape index (κ3) is 9.11. The molecule has 0 aliphatic carbocycles. The lowest BCUT2D eigenvalue weighted by molar-refractivity contribution is 0.222. The standard InChI is InChI=1S/C20H23N3O3S.C18H19N3O3S/c1-4-18-19(14-7-10-16(25-2)17(11-14)26-3)22-23(20(24)27-18)12-13-5-8-15(21)9-6-13;1-23-16-8-7-12(9-17(16)24-2)15-11-25-18(22)21(20-15)10-13-5-3-4-6-14(13)19/h5-11,18H,4,12,21H2,1-3H3;3-9H,10-11,19H2,1-2H3. The Morgan fingerprint density at radius 3 is 1.92 bits per heavy atom. The Morgan fingerprint density at radius 1 is 0.712 bits per heavy atom. The Labute approximate surface area is 312 Å². The van der Waals surface area contributed by atoms with Crippen LogP contribution in [0, 0.1) is 0 Å². The smallest absolute Gasteiger partial charge is 0.302 e. The molecule has 4 N–H and O–H groups in total. The topological polar surface area (TPSA) is 154 Å². The number of nitrogens with zero attached hydrogens (tertiary/aromatic N) is 4. The zero-order chi connectivity index (χ0) is 37.2. The highest BCUT2D eigenvalue weighted by Crippen LogP contribution is 2.34. The number of nitrogen functional groups attached to an aromatic ring is 2. The largest absolute Gasteiger partial charge is 0.493 e. The first-order valence-electron chi connectivity index (χ1n) is 16.4. The van der Waals surface area contributed by atoms with Crippen LogP contribution in [0.15, 0.2) is 95.1 Å². The molecular weight excluding hydrogens is 701 g/mol. The van der Waals surface area contributed by atoms with Crippen molar-refractivity contribution in [3.63, 3.8) is 0 Å². The average Bonchev–Trinajstić information content (AvgIpc) is 3.17. The van der Waals surface area contributed by atoms with Crippen LogP contribution >= 0.6 is 23.5 Å². The van der Waals surface area contributed by atoms with Gasteiger partial charge in [0.15, 0.2) is 23.0 Å². The highest BCUT2D eigenvalue weighted by atomic mass is 32.2. The van der Waals surface area contributed by atoms with Crippen LogP contribution in [0.4, 0.5) is 21.0 Å². The van der Waals surface area contributed by atoms with Gasteiger partial charge in [-0.2, -0.15) is 10.2 Å². The molecule has 0 bridgehead atoms. The second-order valence-corrected chi connectivity index (χ2v) is 13.6. The van der Waals surface area contributed by atoms with Crippen molar-refractivity contribution in [2.75, 3.05) is 45.7 Å². The maximum Gasteiger partial charge on any atom is 0.302 e. The van der Waals surface area contributed by atoms with Crippen molar-refractivity contribution in [2.45, 2.75) is 31.7 Å². The van der Waals surface area contributed by atoms with E-state index in [1.54, 1.807) is 28.4 Å². The number of thioether (sulfide) groups is 2. The SMILES string of the molecule is CCC1SC(=O)N(Cc2ccc(N)cc2)N=C1c1ccc(OC)c(OC)c1.COc1ccc(C2=NN(Cc3ccccc3N)C(=O)SC2)cc1OC. The number of hydrogen-bond acceptors (Lipinski definition) is 12. The summed E-state index contributed by atoms with van der Waals surface area (Å²) in [6.07, 6.45) is 0.805. The van der Waals surface area contributed by atoms with Gasteiger partial charge in [-0.25, -0.2) is 10.0 Å². The summed E-state index contributed by atoms with van der Waals surface area (Å²) in [5.74, 6) is 3.09. The van der Waals surface area contributed by atoms with E-state index < -0.39 is 0 Å². The summed E-state index contributed by atoms with van der Waals surface area (Å²) in [7, 11) is 6.39. The monoisotopic (exact) mass is 742 g/mol. The predicted molar refractivity (Wildman–Crippen MR) is 210 cm³/mol. The van der Waals surface area contributed by atoms with Gasteiger partial charge in [0.25, 0.3) is 0 Å². The minimum absolute atomic E-state index is 0.00160. The number of nitrogens with two attached hydrogens (primary N) is 2. The molecule has 0 radical (unpaired) electrons. The van der Waals surface area contributed by atoms with Gasteiger partial charge < -0.3 is 30.4 Å². The van der Waals surface area contributed by atoms with Gasteiger partial charge in [0, 0.05) is 28.3 Å². The van der Waals surface area contributed by atoms with Gasteiger partial charge in [0.1, 0.15) is 0 Å². The van der Waals surface area contributed by atoms with E-state index in [1.807, 2.05) is 84.9 Å². The van der Waals surface area contributed by atoms with Crippen LogP contribution in [-0.2, 0) is 13.1 Å². The molecular formula is C38H42N6O6S2. The molecule has 12 nitrogen and oxygen atoms in total. The van der Waals surface area contributed by atoms with E-state index in [4.69, 9.17) is 30.4 Å². The van der Waals surface area contributed by atoms with Gasteiger partial charge >= 0.3 is 10.5 Å². The average molecular weight is 743 g/mol. The van der Waals surface area contributed by atoms with Crippen LogP contribution in [-0.4, -0.2) is 71.4 Å². The second-order valence-electron chi connectivity index (χ2n) is 11.6. The summed E-state index contributed by atoms with van der Waals surface area (Å²) >= 11 is 2.52. The fourth-order valence-corrected chi connectivity index (χ4v) is 7.07. The first-order valence-corrected chi connectivity index (χ1v) is 18.2. The number of carbonyl (C=O) groups excluding carboxylic acids is 2. The molecule has 0 aromatic heterocycles. The lowest BCUT2D eigenvalue weighted by Crippen LogP contribution is -2.34. The normalized spacial score (nSPS) is 15.6. The number of hydrogen-bond donors (Lipinski definition) is 2. The van der Waals surface area contributed by atoms with Crippen LogP contribution < -0.4 is 30.4 Å². The molecule has 1 unspecified atom stereocenters. The number of para-hydroxylation sites is 1. The molecule has 6 rings (SSSR count). The van der Waals surface area contributed by atoms with E-state index in [0.717, 1.165) is 40.1 Å². The molecule has 52 heavy (non-hydrogen) atoms. The maximum atomic E-state index is 12.5. The lowest BCUT2D eigenvalue weighted by Gasteiger charge is -2.28. The highest BCUT2D eigenvalue weighted by Gasteiger charge is 2.31. The molecule has 2 heterocycles. The van der Waals surface area contributed by atoms with E-state index in [-0.39, 0.29) is 15.7 Å². The van der Waals surface area contributed by atoms with Crippen molar-refractivity contribution in [3.05, 3.63) is 107 Å².